The maximum Gasteiger partial charge on any atom is 0.0208 e. The molecule has 1 fully saturated rings. The third-order valence-electron chi connectivity index (χ3n) is 2.94. The molecule has 1 aromatic carbocycles. The van der Waals surface area contributed by atoms with Crippen LogP contribution in [0.4, 0.5) is 0 Å². The van der Waals surface area contributed by atoms with Gasteiger partial charge in [-0.1, -0.05) is 30.3 Å². The van der Waals surface area contributed by atoms with Gasteiger partial charge in [0.1, 0.15) is 0 Å². The molecule has 2 nitrogen and oxygen atoms in total. The van der Waals surface area contributed by atoms with E-state index in [9.17, 15) is 0 Å². The van der Waals surface area contributed by atoms with E-state index in [4.69, 9.17) is 5.73 Å². The molecule has 1 saturated heterocycles. The molecule has 0 bridgehead atoms. The Hall–Kier alpha value is -0.510. The molecule has 1 aromatic rings. The summed E-state index contributed by atoms with van der Waals surface area (Å²) in [5.41, 5.74) is 7.54. The van der Waals surface area contributed by atoms with Gasteiger partial charge in [-0.15, -0.1) is 0 Å². The first-order valence-electron chi connectivity index (χ1n) is 5.94. The second kappa shape index (κ2) is 6.28. The summed E-state index contributed by atoms with van der Waals surface area (Å²) in [6.07, 6.45) is 0.991. The van der Waals surface area contributed by atoms with Gasteiger partial charge in [0.15, 0.2) is 0 Å². The summed E-state index contributed by atoms with van der Waals surface area (Å²) < 4.78 is 0. The molecule has 2 rings (SSSR count). The summed E-state index contributed by atoms with van der Waals surface area (Å²) in [4.78, 5) is 2.49. The van der Waals surface area contributed by atoms with Crippen molar-refractivity contribution in [3.05, 3.63) is 35.9 Å². The van der Waals surface area contributed by atoms with Crippen LogP contribution in [0.3, 0.4) is 0 Å². The number of thioether (sulfide) groups is 1. The van der Waals surface area contributed by atoms with Crippen LogP contribution in [0.25, 0.3) is 0 Å². The SMILES string of the molecule is NC(Cc1ccccc1)CN1CCSCC1. The van der Waals surface area contributed by atoms with E-state index in [-0.39, 0.29) is 6.04 Å². The van der Waals surface area contributed by atoms with Crippen LogP contribution in [0.15, 0.2) is 30.3 Å². The number of hydrogen-bond donors (Lipinski definition) is 1. The van der Waals surface area contributed by atoms with Crippen molar-refractivity contribution in [3.63, 3.8) is 0 Å². The van der Waals surface area contributed by atoms with Crippen LogP contribution < -0.4 is 5.73 Å². The molecule has 1 heterocycles. The highest BCUT2D eigenvalue weighted by Crippen LogP contribution is 2.10. The average molecular weight is 236 g/mol. The Balaban J connectivity index is 1.77. The molecular weight excluding hydrogens is 216 g/mol. The Labute approximate surface area is 102 Å². The van der Waals surface area contributed by atoms with Crippen molar-refractivity contribution < 1.29 is 0 Å². The highest BCUT2D eigenvalue weighted by molar-refractivity contribution is 7.99. The number of benzene rings is 1. The fourth-order valence-electron chi connectivity index (χ4n) is 2.10. The minimum atomic E-state index is 0.269. The monoisotopic (exact) mass is 236 g/mol. The van der Waals surface area contributed by atoms with Crippen LogP contribution in [0.1, 0.15) is 5.56 Å². The van der Waals surface area contributed by atoms with E-state index in [2.05, 4.69) is 35.2 Å². The number of hydrogen-bond acceptors (Lipinski definition) is 3. The normalized spacial score (nSPS) is 19.6. The first-order chi connectivity index (χ1) is 7.84. The lowest BCUT2D eigenvalue weighted by Crippen LogP contribution is -2.42. The van der Waals surface area contributed by atoms with Crippen molar-refractivity contribution in [3.8, 4) is 0 Å². The van der Waals surface area contributed by atoms with Gasteiger partial charge in [0, 0.05) is 37.2 Å². The zero-order chi connectivity index (χ0) is 11.2. The van der Waals surface area contributed by atoms with Gasteiger partial charge in [-0.3, -0.25) is 0 Å². The summed E-state index contributed by atoms with van der Waals surface area (Å²) in [6.45, 7) is 3.44. The molecular formula is C13H20N2S. The number of nitrogens with zero attached hydrogens (tertiary/aromatic N) is 1. The second-order valence-electron chi connectivity index (χ2n) is 4.36. The lowest BCUT2D eigenvalue weighted by Gasteiger charge is -2.28. The van der Waals surface area contributed by atoms with Crippen LogP contribution in [0.5, 0.6) is 0 Å². The lowest BCUT2D eigenvalue weighted by molar-refractivity contribution is 0.281. The van der Waals surface area contributed by atoms with Crippen molar-refractivity contribution in [2.75, 3.05) is 31.1 Å². The van der Waals surface area contributed by atoms with Crippen molar-refractivity contribution >= 4 is 11.8 Å². The molecule has 1 aliphatic heterocycles. The van der Waals surface area contributed by atoms with E-state index in [1.165, 1.54) is 30.2 Å². The third kappa shape index (κ3) is 3.81. The van der Waals surface area contributed by atoms with Gasteiger partial charge < -0.3 is 10.6 Å². The molecule has 0 spiro atoms. The molecule has 16 heavy (non-hydrogen) atoms. The summed E-state index contributed by atoms with van der Waals surface area (Å²) in [5, 5.41) is 0. The zero-order valence-corrected chi connectivity index (χ0v) is 10.5. The van der Waals surface area contributed by atoms with E-state index in [0.29, 0.717) is 0 Å². The summed E-state index contributed by atoms with van der Waals surface area (Å²) in [7, 11) is 0. The van der Waals surface area contributed by atoms with Crippen molar-refractivity contribution in [2.45, 2.75) is 12.5 Å². The largest absolute Gasteiger partial charge is 0.326 e. The van der Waals surface area contributed by atoms with Gasteiger partial charge in [-0.05, 0) is 12.0 Å². The van der Waals surface area contributed by atoms with E-state index >= 15 is 0 Å². The summed E-state index contributed by atoms with van der Waals surface area (Å²) in [6, 6.07) is 10.8. The number of nitrogens with two attached hydrogens (primary N) is 1. The van der Waals surface area contributed by atoms with Gasteiger partial charge in [0.2, 0.25) is 0 Å². The topological polar surface area (TPSA) is 29.3 Å². The maximum absolute atomic E-state index is 6.19. The van der Waals surface area contributed by atoms with Crippen LogP contribution in [-0.2, 0) is 6.42 Å². The number of rotatable bonds is 4. The third-order valence-corrected chi connectivity index (χ3v) is 3.88. The highest BCUT2D eigenvalue weighted by Gasteiger charge is 2.13. The van der Waals surface area contributed by atoms with Gasteiger partial charge >= 0.3 is 0 Å². The Bertz CT molecular complexity index is 296. The van der Waals surface area contributed by atoms with Crippen molar-refractivity contribution in [2.24, 2.45) is 5.73 Å². The van der Waals surface area contributed by atoms with Crippen LogP contribution in [0, 0.1) is 0 Å². The molecule has 1 unspecified atom stereocenters. The summed E-state index contributed by atoms with van der Waals surface area (Å²) >= 11 is 2.05. The lowest BCUT2D eigenvalue weighted by atomic mass is 10.1. The minimum absolute atomic E-state index is 0.269. The van der Waals surface area contributed by atoms with Gasteiger partial charge in [0.05, 0.1) is 0 Å². The Morgan fingerprint density at radius 3 is 2.56 bits per heavy atom. The Kier molecular flexibility index (Phi) is 4.69. The second-order valence-corrected chi connectivity index (χ2v) is 5.59. The van der Waals surface area contributed by atoms with Crippen LogP contribution >= 0.6 is 11.8 Å². The van der Waals surface area contributed by atoms with Gasteiger partial charge in [-0.2, -0.15) is 11.8 Å². The van der Waals surface area contributed by atoms with Crippen molar-refractivity contribution in [1.29, 1.82) is 0 Å². The van der Waals surface area contributed by atoms with E-state index in [1.807, 2.05) is 11.8 Å². The fourth-order valence-corrected chi connectivity index (χ4v) is 3.08. The highest BCUT2D eigenvalue weighted by atomic mass is 32.2. The predicted molar refractivity (Wildman–Crippen MR) is 71.9 cm³/mol. The predicted octanol–water partition coefficient (Wildman–Crippen LogP) is 1.61. The summed E-state index contributed by atoms with van der Waals surface area (Å²) in [5.74, 6) is 2.52. The van der Waals surface area contributed by atoms with Gasteiger partial charge in [-0.25, -0.2) is 0 Å². The van der Waals surface area contributed by atoms with Crippen LogP contribution in [-0.4, -0.2) is 42.1 Å². The average Bonchev–Trinajstić information content (AvgIpc) is 2.31. The fraction of sp³-hybridized carbons (Fsp3) is 0.538. The molecule has 1 aliphatic rings. The molecule has 88 valence electrons. The maximum atomic E-state index is 6.19. The van der Waals surface area contributed by atoms with E-state index in [0.717, 1.165) is 13.0 Å². The Morgan fingerprint density at radius 1 is 1.19 bits per heavy atom. The zero-order valence-electron chi connectivity index (χ0n) is 9.64. The molecule has 2 N–H and O–H groups in total. The van der Waals surface area contributed by atoms with E-state index < -0.39 is 0 Å². The molecule has 1 atom stereocenters. The molecule has 0 radical (unpaired) electrons. The molecule has 0 aromatic heterocycles. The first-order valence-corrected chi connectivity index (χ1v) is 7.09. The standard InChI is InChI=1S/C13H20N2S/c14-13(10-12-4-2-1-3-5-12)11-15-6-8-16-9-7-15/h1-5,13H,6-11,14H2. The Morgan fingerprint density at radius 2 is 1.88 bits per heavy atom. The molecule has 3 heteroatoms. The molecule has 0 amide bonds. The van der Waals surface area contributed by atoms with Crippen LogP contribution in [0.2, 0.25) is 0 Å². The van der Waals surface area contributed by atoms with E-state index in [1.54, 1.807) is 0 Å². The van der Waals surface area contributed by atoms with Crippen molar-refractivity contribution in [1.82, 2.24) is 4.90 Å². The first kappa shape index (κ1) is 12.0. The quantitative estimate of drug-likeness (QED) is 0.861. The smallest absolute Gasteiger partial charge is 0.0208 e. The molecule has 0 saturated carbocycles. The minimum Gasteiger partial charge on any atom is -0.326 e. The van der Waals surface area contributed by atoms with Gasteiger partial charge in [0.25, 0.3) is 0 Å². The molecule has 0 aliphatic carbocycles.